The summed E-state index contributed by atoms with van der Waals surface area (Å²) in [6, 6.07) is 0. The van der Waals surface area contributed by atoms with Crippen LogP contribution in [-0.2, 0) is 23.9 Å². The molecular formula is C28H46O8. The van der Waals surface area contributed by atoms with E-state index in [4.69, 9.17) is 19.1 Å². The number of esters is 1. The molecule has 0 unspecified atom stereocenters. The molecule has 0 aromatic heterocycles. The summed E-state index contributed by atoms with van der Waals surface area (Å²) in [5.41, 5.74) is 1.62. The van der Waals surface area contributed by atoms with Crippen LogP contribution < -0.4 is 0 Å². The fourth-order valence-corrected chi connectivity index (χ4v) is 7.01. The molecule has 1 saturated carbocycles. The molecule has 0 aromatic carbocycles. The van der Waals surface area contributed by atoms with Gasteiger partial charge in [0.05, 0.1) is 11.7 Å². The van der Waals surface area contributed by atoms with Crippen LogP contribution in [-0.4, -0.2) is 63.9 Å². The quantitative estimate of drug-likeness (QED) is 0.189. The van der Waals surface area contributed by atoms with E-state index in [2.05, 4.69) is 27.4 Å². The second kappa shape index (κ2) is 10.8. The van der Waals surface area contributed by atoms with Crippen molar-refractivity contribution in [3.8, 4) is 0 Å². The van der Waals surface area contributed by atoms with Crippen LogP contribution in [0.15, 0.2) is 23.8 Å². The molecule has 8 nitrogen and oxygen atoms in total. The van der Waals surface area contributed by atoms with Gasteiger partial charge in [0.2, 0.25) is 0 Å². The van der Waals surface area contributed by atoms with E-state index in [0.29, 0.717) is 18.8 Å². The van der Waals surface area contributed by atoms with Gasteiger partial charge in [-0.05, 0) is 75.2 Å². The van der Waals surface area contributed by atoms with E-state index >= 15 is 0 Å². The molecule has 3 aliphatic rings. The highest BCUT2D eigenvalue weighted by Crippen LogP contribution is 2.60. The molecule has 0 radical (unpaired) electrons. The van der Waals surface area contributed by atoms with Gasteiger partial charge in [-0.15, -0.1) is 6.58 Å². The number of ether oxygens (including phenoxy) is 3. The van der Waals surface area contributed by atoms with Crippen molar-refractivity contribution in [3.63, 3.8) is 0 Å². The number of rotatable bonds is 8. The summed E-state index contributed by atoms with van der Waals surface area (Å²) < 4.78 is 17.2. The van der Waals surface area contributed by atoms with Crippen molar-refractivity contribution < 1.29 is 39.4 Å². The van der Waals surface area contributed by atoms with Gasteiger partial charge in [-0.1, -0.05) is 38.8 Å². The summed E-state index contributed by atoms with van der Waals surface area (Å²) in [6.07, 6.45) is 1.32. The average Bonchev–Trinajstić information content (AvgIpc) is 2.79. The van der Waals surface area contributed by atoms with Gasteiger partial charge in [-0.2, -0.15) is 0 Å². The second-order valence-electron chi connectivity index (χ2n) is 12.2. The minimum Gasteiger partial charge on any atom is -0.457 e. The van der Waals surface area contributed by atoms with E-state index in [1.54, 1.807) is 13.0 Å². The van der Waals surface area contributed by atoms with Gasteiger partial charge in [0.15, 0.2) is 12.4 Å². The van der Waals surface area contributed by atoms with Crippen LogP contribution in [0.25, 0.3) is 0 Å². The molecule has 3 N–H and O–H groups in total. The number of aliphatic hydroxyl groups is 2. The van der Waals surface area contributed by atoms with Crippen LogP contribution in [0.3, 0.4) is 0 Å². The van der Waals surface area contributed by atoms with Crippen molar-refractivity contribution in [2.75, 3.05) is 0 Å². The third-order valence-electron chi connectivity index (χ3n) is 9.22. The molecule has 0 aromatic rings. The minimum absolute atomic E-state index is 0.00818. The first-order valence-electron chi connectivity index (χ1n) is 13.2. The molecule has 8 heteroatoms. The standard InChI is InChI=1S/C28H46O8/c1-9-27(7,35-25-23(31)22(30)24(17(3)33-25)34-18(4)29)14-11-19-16(2)20(36-32)15-21-26(5,6)12-10-13-28(19,21)8/h9,17,20-25,30-32H,1,10-15H2,2-8H3/t17-,20+,21-,22+,23+,24+,25-,27-,28+/m0/s1. The Hall–Kier alpha value is -1.29. The second-order valence-corrected chi connectivity index (χ2v) is 12.2. The SMILES string of the molecule is C=C[C@@](C)(CCC1=C(C)[C@H](OO)C[C@H]2C(C)(C)CCC[C@]12C)O[C@@H]1O[C@@H](C)[C@@H](OC(C)=O)[C@H](O)[C@H]1O. The van der Waals surface area contributed by atoms with Crippen molar-refractivity contribution in [2.24, 2.45) is 16.7 Å². The van der Waals surface area contributed by atoms with Gasteiger partial charge >= 0.3 is 5.97 Å². The van der Waals surface area contributed by atoms with Crippen molar-refractivity contribution >= 4 is 5.97 Å². The summed E-state index contributed by atoms with van der Waals surface area (Å²) in [4.78, 5) is 16.3. The first-order valence-corrected chi connectivity index (χ1v) is 13.2. The van der Waals surface area contributed by atoms with Crippen molar-refractivity contribution in [3.05, 3.63) is 23.8 Å². The monoisotopic (exact) mass is 510 g/mol. The topological polar surface area (TPSA) is 115 Å². The van der Waals surface area contributed by atoms with Crippen molar-refractivity contribution in [1.29, 1.82) is 0 Å². The maximum Gasteiger partial charge on any atom is 0.303 e. The summed E-state index contributed by atoms with van der Waals surface area (Å²) in [6.45, 7) is 17.8. The molecule has 0 amide bonds. The molecule has 9 atom stereocenters. The Labute approximate surface area is 215 Å². The first kappa shape index (κ1) is 29.3. The summed E-state index contributed by atoms with van der Waals surface area (Å²) in [7, 11) is 0. The number of fused-ring (bicyclic) bond motifs is 1. The lowest BCUT2D eigenvalue weighted by Gasteiger charge is -2.56. The Morgan fingerprint density at radius 3 is 2.50 bits per heavy atom. The van der Waals surface area contributed by atoms with E-state index < -0.39 is 42.3 Å². The zero-order chi connectivity index (χ0) is 27.1. The van der Waals surface area contributed by atoms with Crippen LogP contribution in [0, 0.1) is 16.7 Å². The molecule has 2 aliphatic carbocycles. The molecule has 2 fully saturated rings. The normalized spacial score (nSPS) is 40.2. The Morgan fingerprint density at radius 1 is 1.25 bits per heavy atom. The number of hydrogen-bond acceptors (Lipinski definition) is 8. The van der Waals surface area contributed by atoms with Gasteiger partial charge in [-0.25, -0.2) is 4.89 Å². The van der Waals surface area contributed by atoms with Crippen LogP contribution in [0.2, 0.25) is 0 Å². The van der Waals surface area contributed by atoms with Crippen molar-refractivity contribution in [1.82, 2.24) is 0 Å². The molecule has 1 saturated heterocycles. The predicted octanol–water partition coefficient (Wildman–Crippen LogP) is 4.54. The van der Waals surface area contributed by atoms with Gasteiger partial charge in [0, 0.05) is 6.92 Å². The van der Waals surface area contributed by atoms with Gasteiger partial charge in [0.25, 0.3) is 0 Å². The maximum atomic E-state index is 11.4. The van der Waals surface area contributed by atoms with E-state index in [0.717, 1.165) is 31.3 Å². The maximum absolute atomic E-state index is 11.4. The molecule has 0 spiro atoms. The van der Waals surface area contributed by atoms with Crippen LogP contribution in [0.5, 0.6) is 0 Å². The van der Waals surface area contributed by atoms with Gasteiger partial charge in [0.1, 0.15) is 18.3 Å². The third-order valence-corrected chi connectivity index (χ3v) is 9.22. The molecule has 0 bridgehead atoms. The summed E-state index contributed by atoms with van der Waals surface area (Å²) in [5, 5.41) is 31.0. The lowest BCUT2D eigenvalue weighted by molar-refractivity contribution is -0.314. The minimum atomic E-state index is -1.39. The Morgan fingerprint density at radius 2 is 1.92 bits per heavy atom. The van der Waals surface area contributed by atoms with E-state index in [1.807, 2.05) is 13.8 Å². The first-order chi connectivity index (χ1) is 16.7. The van der Waals surface area contributed by atoms with Crippen molar-refractivity contribution in [2.45, 2.75) is 129 Å². The number of carbonyl (C=O) groups is 1. The Balaban J connectivity index is 1.79. The zero-order valence-electron chi connectivity index (χ0n) is 23.0. The smallest absolute Gasteiger partial charge is 0.303 e. The van der Waals surface area contributed by atoms with Crippen LogP contribution in [0.4, 0.5) is 0 Å². The number of hydrogen-bond donors (Lipinski definition) is 3. The molecule has 206 valence electrons. The lowest BCUT2D eigenvalue weighted by atomic mass is 9.49. The van der Waals surface area contributed by atoms with E-state index in [9.17, 15) is 20.3 Å². The predicted molar refractivity (Wildman–Crippen MR) is 135 cm³/mol. The lowest BCUT2D eigenvalue weighted by Crippen LogP contribution is -2.59. The molecule has 1 aliphatic heterocycles. The summed E-state index contributed by atoms with van der Waals surface area (Å²) in [5.74, 6) is -0.181. The number of carbonyl (C=O) groups excluding carboxylic acids is 1. The highest BCUT2D eigenvalue weighted by molar-refractivity contribution is 5.66. The number of aliphatic hydroxyl groups excluding tert-OH is 2. The fourth-order valence-electron chi connectivity index (χ4n) is 7.01. The number of allylic oxidation sites excluding steroid dienone is 1. The Bertz CT molecular complexity index is 852. The van der Waals surface area contributed by atoms with E-state index in [1.165, 1.54) is 12.5 Å². The Kier molecular flexibility index (Phi) is 8.80. The highest BCUT2D eigenvalue weighted by Gasteiger charge is 2.53. The highest BCUT2D eigenvalue weighted by atomic mass is 17.1. The average molecular weight is 511 g/mol. The largest absolute Gasteiger partial charge is 0.457 e. The molecule has 1 heterocycles. The van der Waals surface area contributed by atoms with Crippen LogP contribution in [0.1, 0.15) is 87.0 Å². The third kappa shape index (κ3) is 5.59. The van der Waals surface area contributed by atoms with Crippen LogP contribution >= 0.6 is 0 Å². The molecule has 36 heavy (non-hydrogen) atoms. The van der Waals surface area contributed by atoms with E-state index in [-0.39, 0.29) is 16.9 Å². The van der Waals surface area contributed by atoms with Gasteiger partial charge in [-0.3, -0.25) is 10.1 Å². The summed E-state index contributed by atoms with van der Waals surface area (Å²) >= 11 is 0. The zero-order valence-corrected chi connectivity index (χ0v) is 23.0. The van der Waals surface area contributed by atoms with Gasteiger partial charge < -0.3 is 24.4 Å². The fraction of sp³-hybridized carbons (Fsp3) is 0.821. The molecular weight excluding hydrogens is 464 g/mol. The molecule has 3 rings (SSSR count).